The van der Waals surface area contributed by atoms with Crippen molar-refractivity contribution in [2.24, 2.45) is 7.05 Å². The van der Waals surface area contributed by atoms with Crippen molar-refractivity contribution in [2.45, 2.75) is 33.1 Å². The van der Waals surface area contributed by atoms with Crippen LogP contribution in [0.25, 0.3) is 11.0 Å². The Bertz CT molecular complexity index is 1050. The summed E-state index contributed by atoms with van der Waals surface area (Å²) in [7, 11) is 3.49. The summed E-state index contributed by atoms with van der Waals surface area (Å²) < 4.78 is 7.19. The number of methoxy groups -OCH3 is 1. The highest BCUT2D eigenvalue weighted by Crippen LogP contribution is 2.30. The van der Waals surface area contributed by atoms with E-state index in [0.29, 0.717) is 18.7 Å². The third-order valence-electron chi connectivity index (χ3n) is 5.84. The van der Waals surface area contributed by atoms with Crippen LogP contribution in [0.4, 0.5) is 5.13 Å². The molecule has 1 amide bonds. The van der Waals surface area contributed by atoms with Crippen molar-refractivity contribution in [3.05, 3.63) is 28.4 Å². The van der Waals surface area contributed by atoms with E-state index in [-0.39, 0.29) is 5.91 Å². The van der Waals surface area contributed by atoms with Crippen LogP contribution >= 0.6 is 11.3 Å². The number of hydrogen-bond acceptors (Lipinski definition) is 7. The topological polar surface area (TPSA) is 76.4 Å². The first-order valence-electron chi connectivity index (χ1n) is 10.3. The highest BCUT2D eigenvalue weighted by molar-refractivity contribution is 7.13. The van der Waals surface area contributed by atoms with Crippen molar-refractivity contribution in [3.63, 3.8) is 0 Å². The average molecular weight is 429 g/mol. The van der Waals surface area contributed by atoms with Gasteiger partial charge in [-0.3, -0.25) is 4.79 Å². The lowest BCUT2D eigenvalue weighted by atomic mass is 10.00. The quantitative estimate of drug-likeness (QED) is 0.622. The Kier molecular flexibility index (Phi) is 5.90. The molecule has 1 aliphatic heterocycles. The van der Waals surface area contributed by atoms with Crippen molar-refractivity contribution >= 4 is 33.4 Å². The van der Waals surface area contributed by atoms with Crippen LogP contribution in [0.2, 0.25) is 0 Å². The third-order valence-corrected chi connectivity index (χ3v) is 6.68. The number of aromatic nitrogens is 4. The lowest BCUT2D eigenvalue weighted by molar-refractivity contribution is -0.130. The maximum atomic E-state index is 13.0. The Hall–Kier alpha value is -2.68. The minimum Gasteiger partial charge on any atom is -0.479 e. The van der Waals surface area contributed by atoms with Crippen LogP contribution in [-0.4, -0.2) is 63.8 Å². The van der Waals surface area contributed by atoms with E-state index in [2.05, 4.69) is 21.9 Å². The molecule has 0 saturated carbocycles. The summed E-state index contributed by atoms with van der Waals surface area (Å²) in [6.45, 7) is 7.38. The van der Waals surface area contributed by atoms with Gasteiger partial charge in [0, 0.05) is 56.9 Å². The zero-order chi connectivity index (χ0) is 21.3. The minimum absolute atomic E-state index is 0.202. The Balaban J connectivity index is 1.45. The number of hydrogen-bond donors (Lipinski definition) is 0. The summed E-state index contributed by atoms with van der Waals surface area (Å²) in [5.74, 6) is 0.785. The minimum atomic E-state index is 0.202. The zero-order valence-corrected chi connectivity index (χ0v) is 18.8. The summed E-state index contributed by atoms with van der Waals surface area (Å²) in [6.07, 6.45) is 3.95. The maximum absolute atomic E-state index is 13.0. The van der Waals surface area contributed by atoms with Gasteiger partial charge in [-0.15, -0.1) is 16.4 Å². The molecule has 0 aliphatic carbocycles. The summed E-state index contributed by atoms with van der Waals surface area (Å²) in [4.78, 5) is 26.4. The van der Waals surface area contributed by atoms with E-state index in [1.54, 1.807) is 23.1 Å². The fourth-order valence-electron chi connectivity index (χ4n) is 4.23. The first-order chi connectivity index (χ1) is 14.5. The second-order valence-electron chi connectivity index (χ2n) is 7.67. The molecule has 0 aromatic carbocycles. The van der Waals surface area contributed by atoms with Gasteiger partial charge in [-0.05, 0) is 37.8 Å². The van der Waals surface area contributed by atoms with Crippen molar-refractivity contribution in [1.29, 1.82) is 0 Å². The molecule has 0 N–H and O–H groups in total. The summed E-state index contributed by atoms with van der Waals surface area (Å²) in [5.41, 5.74) is 3.97. The highest BCUT2D eigenvalue weighted by Gasteiger charge is 2.22. The molecule has 4 rings (SSSR count). The first kappa shape index (κ1) is 20.6. The number of carbonyl (C=O) groups excluding carboxylic acids is 1. The van der Waals surface area contributed by atoms with E-state index in [9.17, 15) is 4.79 Å². The summed E-state index contributed by atoms with van der Waals surface area (Å²) in [6, 6.07) is 0. The Morgan fingerprint density at radius 1 is 1.23 bits per heavy atom. The number of thiazole rings is 1. The average Bonchev–Trinajstić information content (AvgIpc) is 3.29. The van der Waals surface area contributed by atoms with Gasteiger partial charge in [0.1, 0.15) is 0 Å². The van der Waals surface area contributed by atoms with Crippen molar-refractivity contribution in [2.75, 3.05) is 38.2 Å². The van der Waals surface area contributed by atoms with Crippen molar-refractivity contribution in [3.8, 4) is 5.88 Å². The molecule has 1 fully saturated rings. The van der Waals surface area contributed by atoms with Gasteiger partial charge in [-0.25, -0.2) is 14.6 Å². The molecule has 160 valence electrons. The van der Waals surface area contributed by atoms with E-state index < -0.39 is 0 Å². The standard InChI is InChI=1S/C21H28N6O2S/c1-14-16(15(2)23-19-18(14)20(29-4)24-25(19)3)6-7-17(28)26-9-5-10-27(12-11-26)21-22-8-13-30-21/h8,13H,5-7,9-12H2,1-4H3. The van der Waals surface area contributed by atoms with Gasteiger partial charge in [-0.2, -0.15) is 0 Å². The van der Waals surface area contributed by atoms with Crippen LogP contribution in [0.5, 0.6) is 5.88 Å². The Labute approximate surface area is 180 Å². The van der Waals surface area contributed by atoms with Crippen LogP contribution in [0.15, 0.2) is 11.6 Å². The van der Waals surface area contributed by atoms with Gasteiger partial charge < -0.3 is 14.5 Å². The van der Waals surface area contributed by atoms with E-state index in [1.807, 2.05) is 30.4 Å². The highest BCUT2D eigenvalue weighted by atomic mass is 32.1. The number of ether oxygens (including phenoxy) is 1. The third kappa shape index (κ3) is 3.86. The van der Waals surface area contributed by atoms with Crippen molar-refractivity contribution in [1.82, 2.24) is 24.6 Å². The van der Waals surface area contributed by atoms with Crippen LogP contribution in [0.3, 0.4) is 0 Å². The normalized spacial score (nSPS) is 14.9. The molecule has 9 heteroatoms. The molecule has 0 spiro atoms. The smallest absolute Gasteiger partial charge is 0.242 e. The number of amides is 1. The van der Waals surface area contributed by atoms with Gasteiger partial charge >= 0.3 is 0 Å². The molecule has 3 aromatic heterocycles. The van der Waals surface area contributed by atoms with Crippen LogP contribution in [0.1, 0.15) is 29.7 Å². The summed E-state index contributed by atoms with van der Waals surface area (Å²) >= 11 is 1.65. The number of rotatable bonds is 5. The first-order valence-corrected chi connectivity index (χ1v) is 11.2. The lowest BCUT2D eigenvalue weighted by Gasteiger charge is -2.22. The predicted octanol–water partition coefficient (Wildman–Crippen LogP) is 2.72. The number of pyridine rings is 1. The number of fused-ring (bicyclic) bond motifs is 1. The molecule has 1 saturated heterocycles. The Morgan fingerprint density at radius 3 is 2.80 bits per heavy atom. The molecule has 3 aromatic rings. The summed E-state index contributed by atoms with van der Waals surface area (Å²) in [5, 5.41) is 8.38. The molecule has 0 atom stereocenters. The largest absolute Gasteiger partial charge is 0.479 e. The van der Waals surface area contributed by atoms with Crippen LogP contribution in [-0.2, 0) is 18.3 Å². The Morgan fingerprint density at radius 2 is 2.07 bits per heavy atom. The molecule has 30 heavy (non-hydrogen) atoms. The monoisotopic (exact) mass is 428 g/mol. The van der Waals surface area contributed by atoms with Crippen molar-refractivity contribution < 1.29 is 9.53 Å². The second kappa shape index (κ2) is 8.59. The fraction of sp³-hybridized carbons (Fsp3) is 0.524. The predicted molar refractivity (Wildman–Crippen MR) is 118 cm³/mol. The molecule has 8 nitrogen and oxygen atoms in total. The van der Waals surface area contributed by atoms with Gasteiger partial charge in [-0.1, -0.05) is 0 Å². The molecule has 0 unspecified atom stereocenters. The van der Waals surface area contributed by atoms with Gasteiger partial charge in [0.2, 0.25) is 11.8 Å². The number of anilines is 1. The second-order valence-corrected chi connectivity index (χ2v) is 8.54. The number of nitrogens with zero attached hydrogens (tertiary/aromatic N) is 6. The van der Waals surface area contributed by atoms with E-state index in [4.69, 9.17) is 9.72 Å². The van der Waals surface area contributed by atoms with Gasteiger partial charge in [0.15, 0.2) is 10.8 Å². The molecule has 4 heterocycles. The molecule has 1 aliphatic rings. The van der Waals surface area contributed by atoms with Gasteiger partial charge in [0.05, 0.1) is 12.5 Å². The maximum Gasteiger partial charge on any atom is 0.242 e. The number of carbonyl (C=O) groups is 1. The van der Waals surface area contributed by atoms with Crippen LogP contribution < -0.4 is 9.64 Å². The SMILES string of the molecule is COc1nn(C)c2nc(C)c(CCC(=O)N3CCCN(c4nccs4)CC3)c(C)c12. The molecule has 0 radical (unpaired) electrons. The molecular formula is C21H28N6O2S. The lowest BCUT2D eigenvalue weighted by Crippen LogP contribution is -2.35. The molecular weight excluding hydrogens is 400 g/mol. The van der Waals surface area contributed by atoms with Gasteiger partial charge in [0.25, 0.3) is 0 Å². The van der Waals surface area contributed by atoms with Crippen LogP contribution in [0, 0.1) is 13.8 Å². The number of aryl methyl sites for hydroxylation is 3. The fourth-order valence-corrected chi connectivity index (χ4v) is 4.92. The zero-order valence-electron chi connectivity index (χ0n) is 18.0. The van der Waals surface area contributed by atoms with E-state index in [1.165, 1.54) is 0 Å². The molecule has 0 bridgehead atoms. The van der Waals surface area contributed by atoms with E-state index >= 15 is 0 Å². The van der Waals surface area contributed by atoms with E-state index in [0.717, 1.165) is 65.6 Å².